The SMILES string of the molecule is Cc1cc(Oc2nc3cnccc3c(=O)[nH]2)ccc1N(C)CCF. The first kappa shape index (κ1) is 15.9. The van der Waals surface area contributed by atoms with Crippen LogP contribution in [0.25, 0.3) is 10.9 Å². The molecule has 6 nitrogen and oxygen atoms in total. The first-order chi connectivity index (χ1) is 11.6. The lowest BCUT2D eigenvalue weighted by Crippen LogP contribution is -2.20. The van der Waals surface area contributed by atoms with Gasteiger partial charge in [0.05, 0.1) is 17.1 Å². The zero-order chi connectivity index (χ0) is 17.1. The zero-order valence-corrected chi connectivity index (χ0v) is 13.4. The summed E-state index contributed by atoms with van der Waals surface area (Å²) < 4.78 is 18.1. The molecular weight excluding hydrogens is 311 g/mol. The van der Waals surface area contributed by atoms with Crippen LogP contribution in [0.1, 0.15) is 5.56 Å². The van der Waals surface area contributed by atoms with Crippen molar-refractivity contribution in [2.45, 2.75) is 6.92 Å². The summed E-state index contributed by atoms with van der Waals surface area (Å²) >= 11 is 0. The molecule has 124 valence electrons. The van der Waals surface area contributed by atoms with E-state index < -0.39 is 6.67 Å². The van der Waals surface area contributed by atoms with E-state index in [0.717, 1.165) is 11.3 Å². The normalized spacial score (nSPS) is 10.8. The van der Waals surface area contributed by atoms with Gasteiger partial charge in [-0.25, -0.2) is 4.39 Å². The predicted molar refractivity (Wildman–Crippen MR) is 90.7 cm³/mol. The fourth-order valence-corrected chi connectivity index (χ4v) is 2.50. The molecule has 0 radical (unpaired) electrons. The third-order valence-electron chi connectivity index (χ3n) is 3.70. The topological polar surface area (TPSA) is 71.1 Å². The van der Waals surface area contributed by atoms with Crippen LogP contribution in [0.15, 0.2) is 41.5 Å². The Morgan fingerprint density at radius 1 is 1.33 bits per heavy atom. The second-order valence-corrected chi connectivity index (χ2v) is 5.42. The smallest absolute Gasteiger partial charge is 0.302 e. The number of hydrogen-bond donors (Lipinski definition) is 1. The van der Waals surface area contributed by atoms with Gasteiger partial charge in [-0.3, -0.25) is 14.8 Å². The van der Waals surface area contributed by atoms with Gasteiger partial charge in [0.1, 0.15) is 12.4 Å². The maximum atomic E-state index is 12.5. The summed E-state index contributed by atoms with van der Waals surface area (Å²) in [6.45, 7) is 1.83. The fourth-order valence-electron chi connectivity index (χ4n) is 2.50. The summed E-state index contributed by atoms with van der Waals surface area (Å²) in [4.78, 5) is 24.7. The molecule has 1 aromatic carbocycles. The Morgan fingerprint density at radius 2 is 2.17 bits per heavy atom. The lowest BCUT2D eigenvalue weighted by Gasteiger charge is -2.20. The molecule has 7 heteroatoms. The monoisotopic (exact) mass is 328 g/mol. The van der Waals surface area contributed by atoms with E-state index in [4.69, 9.17) is 4.74 Å². The van der Waals surface area contributed by atoms with E-state index in [9.17, 15) is 9.18 Å². The minimum absolute atomic E-state index is 0.102. The van der Waals surface area contributed by atoms with Crippen LogP contribution in [0.2, 0.25) is 0 Å². The molecule has 0 aliphatic rings. The summed E-state index contributed by atoms with van der Waals surface area (Å²) in [5.74, 6) is 0.538. The Hall–Kier alpha value is -2.96. The van der Waals surface area contributed by atoms with Crippen LogP contribution in [-0.2, 0) is 0 Å². The van der Waals surface area contributed by atoms with Gasteiger partial charge in [0.25, 0.3) is 5.56 Å². The van der Waals surface area contributed by atoms with Crippen molar-refractivity contribution in [1.29, 1.82) is 0 Å². The highest BCUT2D eigenvalue weighted by atomic mass is 19.1. The van der Waals surface area contributed by atoms with Crippen LogP contribution in [0, 0.1) is 6.92 Å². The van der Waals surface area contributed by atoms with E-state index in [0.29, 0.717) is 23.2 Å². The number of nitrogens with zero attached hydrogens (tertiary/aromatic N) is 3. The highest BCUT2D eigenvalue weighted by Gasteiger charge is 2.09. The van der Waals surface area contributed by atoms with Gasteiger partial charge in [-0.1, -0.05) is 0 Å². The highest BCUT2D eigenvalue weighted by molar-refractivity contribution is 5.76. The molecule has 3 aromatic rings. The number of pyridine rings is 1. The maximum Gasteiger partial charge on any atom is 0.302 e. The van der Waals surface area contributed by atoms with Crippen LogP contribution >= 0.6 is 0 Å². The number of ether oxygens (including phenoxy) is 1. The Balaban J connectivity index is 1.89. The van der Waals surface area contributed by atoms with Gasteiger partial charge in [-0.2, -0.15) is 4.98 Å². The van der Waals surface area contributed by atoms with Gasteiger partial charge in [0.15, 0.2) is 0 Å². The Labute approximate surface area is 137 Å². The van der Waals surface area contributed by atoms with E-state index >= 15 is 0 Å². The van der Waals surface area contributed by atoms with Crippen LogP contribution in [-0.4, -0.2) is 35.2 Å². The van der Waals surface area contributed by atoms with E-state index in [2.05, 4.69) is 15.0 Å². The molecule has 0 aliphatic carbocycles. The summed E-state index contributed by atoms with van der Waals surface area (Å²) in [7, 11) is 1.83. The third-order valence-corrected chi connectivity index (χ3v) is 3.70. The molecule has 0 spiro atoms. The molecule has 24 heavy (non-hydrogen) atoms. The number of alkyl halides is 1. The number of halogens is 1. The average Bonchev–Trinajstić information content (AvgIpc) is 2.55. The van der Waals surface area contributed by atoms with Crippen molar-refractivity contribution in [3.8, 4) is 11.8 Å². The zero-order valence-electron chi connectivity index (χ0n) is 13.4. The summed E-state index contributed by atoms with van der Waals surface area (Å²) in [5, 5.41) is 0.455. The van der Waals surface area contributed by atoms with Crippen molar-refractivity contribution in [2.75, 3.05) is 25.2 Å². The van der Waals surface area contributed by atoms with Crippen molar-refractivity contribution >= 4 is 16.6 Å². The first-order valence-electron chi connectivity index (χ1n) is 7.48. The van der Waals surface area contributed by atoms with Gasteiger partial charge >= 0.3 is 6.01 Å². The van der Waals surface area contributed by atoms with E-state index in [-0.39, 0.29) is 11.6 Å². The Morgan fingerprint density at radius 3 is 2.92 bits per heavy atom. The van der Waals surface area contributed by atoms with Crippen molar-refractivity contribution < 1.29 is 9.13 Å². The first-order valence-corrected chi connectivity index (χ1v) is 7.48. The molecule has 0 aliphatic heterocycles. The predicted octanol–water partition coefficient (Wildman–Crippen LogP) is 2.82. The standard InChI is InChI=1S/C17H17FN4O2/c1-11-9-12(3-4-15(11)22(2)8-6-18)24-17-20-14-10-19-7-5-13(14)16(23)21-17/h3-5,7,9-10H,6,8H2,1-2H3,(H,20,21,23). The quantitative estimate of drug-likeness (QED) is 0.780. The minimum Gasteiger partial charge on any atom is -0.426 e. The molecule has 1 N–H and O–H groups in total. The van der Waals surface area contributed by atoms with Crippen LogP contribution < -0.4 is 15.2 Å². The number of aromatic nitrogens is 3. The van der Waals surface area contributed by atoms with Gasteiger partial charge in [0, 0.05) is 25.5 Å². The average molecular weight is 328 g/mol. The number of H-pyrrole nitrogens is 1. The van der Waals surface area contributed by atoms with Gasteiger partial charge in [0.2, 0.25) is 0 Å². The second-order valence-electron chi connectivity index (χ2n) is 5.42. The minimum atomic E-state index is -0.412. The van der Waals surface area contributed by atoms with Gasteiger partial charge in [-0.15, -0.1) is 0 Å². The molecule has 0 bridgehead atoms. The van der Waals surface area contributed by atoms with Crippen molar-refractivity contribution in [1.82, 2.24) is 15.0 Å². The van der Waals surface area contributed by atoms with Gasteiger partial charge < -0.3 is 9.64 Å². The number of hydrogen-bond acceptors (Lipinski definition) is 5. The van der Waals surface area contributed by atoms with Gasteiger partial charge in [-0.05, 0) is 36.8 Å². The van der Waals surface area contributed by atoms with Crippen molar-refractivity contribution in [2.24, 2.45) is 0 Å². The van der Waals surface area contributed by atoms with E-state index in [1.807, 2.05) is 31.0 Å². The summed E-state index contributed by atoms with van der Waals surface area (Å²) in [6, 6.07) is 7.12. The molecule has 0 amide bonds. The van der Waals surface area contributed by atoms with Crippen molar-refractivity contribution in [3.63, 3.8) is 0 Å². The van der Waals surface area contributed by atoms with Crippen LogP contribution in [0.5, 0.6) is 11.8 Å². The van der Waals surface area contributed by atoms with E-state index in [1.165, 1.54) is 12.4 Å². The summed E-state index contributed by atoms with van der Waals surface area (Å²) in [5.41, 5.74) is 2.04. The van der Waals surface area contributed by atoms with E-state index in [1.54, 1.807) is 12.1 Å². The number of fused-ring (bicyclic) bond motifs is 1. The lowest BCUT2D eigenvalue weighted by atomic mass is 10.2. The van der Waals surface area contributed by atoms with Crippen molar-refractivity contribution in [3.05, 3.63) is 52.6 Å². The number of rotatable bonds is 5. The number of aryl methyl sites for hydroxylation is 1. The lowest BCUT2D eigenvalue weighted by molar-refractivity contribution is 0.442. The maximum absolute atomic E-state index is 12.5. The largest absolute Gasteiger partial charge is 0.426 e. The molecule has 0 saturated heterocycles. The molecular formula is C17H17FN4O2. The summed E-state index contributed by atoms with van der Waals surface area (Å²) in [6.07, 6.45) is 3.05. The molecule has 0 saturated carbocycles. The Bertz CT molecular complexity index is 926. The third kappa shape index (κ3) is 3.19. The Kier molecular flexibility index (Phi) is 4.41. The molecule has 0 fully saturated rings. The molecule has 3 rings (SSSR count). The molecule has 2 aromatic heterocycles. The van der Waals surface area contributed by atoms with Crippen LogP contribution in [0.3, 0.4) is 0 Å². The molecule has 2 heterocycles. The molecule has 0 atom stereocenters. The number of anilines is 1. The highest BCUT2D eigenvalue weighted by Crippen LogP contribution is 2.26. The van der Waals surface area contributed by atoms with Crippen LogP contribution in [0.4, 0.5) is 10.1 Å². The number of benzene rings is 1. The second kappa shape index (κ2) is 6.66. The molecule has 0 unspecified atom stereocenters. The number of aromatic amines is 1. The fraction of sp³-hybridized carbons (Fsp3) is 0.235. The number of nitrogens with one attached hydrogen (secondary N) is 1.